The Labute approximate surface area is 208 Å². The van der Waals surface area contributed by atoms with E-state index in [4.69, 9.17) is 0 Å². The van der Waals surface area contributed by atoms with Crippen molar-refractivity contribution in [1.29, 1.82) is 0 Å². The van der Waals surface area contributed by atoms with Gasteiger partial charge in [-0.15, -0.1) is 0 Å². The molecule has 0 unspecified atom stereocenters. The molecule has 0 amide bonds. The molecule has 0 radical (unpaired) electrons. The Morgan fingerprint density at radius 2 is 1.47 bits per heavy atom. The van der Waals surface area contributed by atoms with E-state index in [2.05, 4.69) is 11.5 Å². The van der Waals surface area contributed by atoms with E-state index in [0.29, 0.717) is 24.3 Å². The molecule has 196 valence electrons. The highest BCUT2D eigenvalue weighted by Gasteiger charge is 2.58. The Hall–Kier alpha value is -2.48. The van der Waals surface area contributed by atoms with Gasteiger partial charge in [0.05, 0.1) is 6.54 Å². The van der Waals surface area contributed by atoms with Crippen molar-refractivity contribution in [3.8, 4) is 11.1 Å². The monoisotopic (exact) mass is 510 g/mol. The minimum atomic E-state index is -5.51. The van der Waals surface area contributed by atoms with Gasteiger partial charge in [-0.05, 0) is 86.4 Å². The fourth-order valence-corrected chi connectivity index (χ4v) is 5.12. The van der Waals surface area contributed by atoms with Crippen LogP contribution in [0.15, 0.2) is 49.0 Å². The zero-order chi connectivity index (χ0) is 25.9. The summed E-state index contributed by atoms with van der Waals surface area (Å²) in [6.45, 7) is 5.13. The van der Waals surface area contributed by atoms with Gasteiger partial charge in [0.1, 0.15) is 5.82 Å². The summed E-state index contributed by atoms with van der Waals surface area (Å²) in [5.74, 6) is -4.66. The van der Waals surface area contributed by atoms with Crippen molar-refractivity contribution in [3.63, 3.8) is 0 Å². The summed E-state index contributed by atoms with van der Waals surface area (Å²) >= 11 is 0. The van der Waals surface area contributed by atoms with Gasteiger partial charge in [0.25, 0.3) is 0 Å². The van der Waals surface area contributed by atoms with Gasteiger partial charge in [-0.2, -0.15) is 22.0 Å². The first-order valence-electron chi connectivity index (χ1n) is 12.5. The Kier molecular flexibility index (Phi) is 8.03. The molecule has 8 heteroatoms. The van der Waals surface area contributed by atoms with E-state index in [1.807, 2.05) is 30.3 Å². The Bertz CT molecular complexity index is 1030. The number of hydrogen-bond acceptors (Lipinski definition) is 2. The number of hydrogen-bond donors (Lipinski definition) is 0. The summed E-state index contributed by atoms with van der Waals surface area (Å²) in [5, 5.41) is 0. The lowest BCUT2D eigenvalue weighted by atomic mass is 9.90. The van der Waals surface area contributed by atoms with Crippen molar-refractivity contribution < 1.29 is 26.3 Å². The molecule has 2 aromatic rings. The number of benzene rings is 2. The maximum absolute atomic E-state index is 14.8. The summed E-state index contributed by atoms with van der Waals surface area (Å²) in [7, 11) is 0. The van der Waals surface area contributed by atoms with Gasteiger partial charge in [-0.25, -0.2) is 4.39 Å². The third-order valence-electron chi connectivity index (χ3n) is 7.44. The second-order valence-electron chi connectivity index (χ2n) is 9.99. The van der Waals surface area contributed by atoms with E-state index in [1.54, 1.807) is 12.1 Å². The molecular weight excluding hydrogens is 478 g/mol. The van der Waals surface area contributed by atoms with Crippen LogP contribution < -0.4 is 0 Å². The van der Waals surface area contributed by atoms with Gasteiger partial charge in [0.15, 0.2) is 0 Å². The third kappa shape index (κ3) is 6.25. The molecule has 2 fully saturated rings. The molecule has 0 aliphatic carbocycles. The van der Waals surface area contributed by atoms with Crippen molar-refractivity contribution in [2.45, 2.75) is 50.6 Å². The smallest absolute Gasteiger partial charge is 0.371 e. The predicted molar refractivity (Wildman–Crippen MR) is 130 cm³/mol. The molecule has 0 spiro atoms. The molecule has 0 atom stereocenters. The first-order chi connectivity index (χ1) is 17.0. The predicted octanol–water partition coefficient (Wildman–Crippen LogP) is 7.40. The normalized spacial score (nSPS) is 18.1. The molecule has 0 N–H and O–H groups in total. The van der Waals surface area contributed by atoms with Crippen LogP contribution in [-0.4, -0.2) is 54.6 Å². The van der Waals surface area contributed by atoms with Crippen LogP contribution in [-0.2, 0) is 6.42 Å². The second kappa shape index (κ2) is 10.9. The lowest BCUT2D eigenvalue weighted by Gasteiger charge is -2.34. The second-order valence-corrected chi connectivity index (χ2v) is 9.99. The van der Waals surface area contributed by atoms with Gasteiger partial charge >= 0.3 is 12.1 Å². The van der Waals surface area contributed by atoms with E-state index >= 15 is 0 Å². The lowest BCUT2D eigenvalue weighted by Crippen LogP contribution is -2.49. The van der Waals surface area contributed by atoms with Crippen LogP contribution in [0.3, 0.4) is 0 Å². The van der Waals surface area contributed by atoms with E-state index in [-0.39, 0.29) is 18.9 Å². The van der Waals surface area contributed by atoms with Crippen LogP contribution in [0.25, 0.3) is 16.8 Å². The van der Waals surface area contributed by atoms with E-state index in [0.717, 1.165) is 61.2 Å². The highest BCUT2D eigenvalue weighted by atomic mass is 19.4. The maximum atomic E-state index is 14.8. The maximum Gasteiger partial charge on any atom is 0.454 e. The molecule has 36 heavy (non-hydrogen) atoms. The molecule has 2 heterocycles. The van der Waals surface area contributed by atoms with Gasteiger partial charge in [-0.1, -0.05) is 36.9 Å². The van der Waals surface area contributed by atoms with Crippen molar-refractivity contribution in [3.05, 3.63) is 66.0 Å². The lowest BCUT2D eigenvalue weighted by molar-refractivity contribution is -0.287. The van der Waals surface area contributed by atoms with E-state index < -0.39 is 18.6 Å². The number of alkyl halides is 5. The summed E-state index contributed by atoms with van der Waals surface area (Å²) < 4.78 is 78.7. The van der Waals surface area contributed by atoms with Gasteiger partial charge in [0, 0.05) is 24.4 Å². The summed E-state index contributed by atoms with van der Waals surface area (Å²) in [6.07, 6.45) is -0.430. The fourth-order valence-electron chi connectivity index (χ4n) is 5.12. The number of rotatable bonds is 8. The number of likely N-dealkylation sites (tertiary alicyclic amines) is 2. The highest BCUT2D eigenvalue weighted by molar-refractivity contribution is 5.69. The number of aryl methyl sites for hydroxylation is 1. The SMILES string of the molecule is C=C(c1ccc(-c2ccc(CCC3CCN(CC(F)(F)C(F)(F)F)CC3)cc2)cc1F)N1CCCC1. The first-order valence-corrected chi connectivity index (χ1v) is 12.5. The number of nitrogens with zero attached hydrogens (tertiary/aromatic N) is 2. The summed E-state index contributed by atoms with van der Waals surface area (Å²) in [6, 6.07) is 13.2. The molecule has 2 aliphatic heterocycles. The van der Waals surface area contributed by atoms with Crippen molar-refractivity contribution >= 4 is 5.70 Å². The zero-order valence-corrected chi connectivity index (χ0v) is 20.3. The third-order valence-corrected chi connectivity index (χ3v) is 7.44. The van der Waals surface area contributed by atoms with E-state index in [9.17, 15) is 26.3 Å². The summed E-state index contributed by atoms with van der Waals surface area (Å²) in [4.78, 5) is 3.33. The van der Waals surface area contributed by atoms with E-state index in [1.165, 1.54) is 4.90 Å². The van der Waals surface area contributed by atoms with Crippen LogP contribution in [0.1, 0.15) is 43.2 Å². The number of piperidine rings is 1. The van der Waals surface area contributed by atoms with Crippen molar-refractivity contribution in [2.24, 2.45) is 5.92 Å². The molecule has 0 aromatic heterocycles. The number of halogens is 6. The topological polar surface area (TPSA) is 6.48 Å². The van der Waals surface area contributed by atoms with Crippen LogP contribution in [0, 0.1) is 11.7 Å². The Morgan fingerprint density at radius 3 is 2.06 bits per heavy atom. The first kappa shape index (κ1) is 26.6. The van der Waals surface area contributed by atoms with Crippen LogP contribution in [0.2, 0.25) is 0 Å². The zero-order valence-electron chi connectivity index (χ0n) is 20.3. The molecular formula is C28H32F6N2. The van der Waals surface area contributed by atoms with Gasteiger partial charge < -0.3 is 4.90 Å². The Balaban J connectivity index is 1.27. The van der Waals surface area contributed by atoms with Crippen LogP contribution >= 0.6 is 0 Å². The average molecular weight is 511 g/mol. The van der Waals surface area contributed by atoms with Gasteiger partial charge in [0.2, 0.25) is 0 Å². The quantitative estimate of drug-likeness (QED) is 0.342. The minimum absolute atomic E-state index is 0.251. The van der Waals surface area contributed by atoms with Crippen molar-refractivity contribution in [2.75, 3.05) is 32.7 Å². The molecule has 2 saturated heterocycles. The molecule has 2 aromatic carbocycles. The highest BCUT2D eigenvalue weighted by Crippen LogP contribution is 2.37. The largest absolute Gasteiger partial charge is 0.454 e. The standard InChI is InChI=1S/C28H32F6N2/c1-20(36-14-2-3-15-36)25-11-10-24(18-26(25)29)23-8-6-21(7-9-23)4-5-22-12-16-35(17-13-22)19-27(30,31)28(32,33)34/h6-11,18,22H,1-5,12-17,19H2. The van der Waals surface area contributed by atoms with Gasteiger partial charge in [-0.3, -0.25) is 4.90 Å². The van der Waals surface area contributed by atoms with Crippen LogP contribution in [0.4, 0.5) is 26.3 Å². The molecule has 4 rings (SSSR count). The minimum Gasteiger partial charge on any atom is -0.371 e. The Morgan fingerprint density at radius 1 is 0.861 bits per heavy atom. The fraction of sp³-hybridized carbons (Fsp3) is 0.500. The van der Waals surface area contributed by atoms with Crippen molar-refractivity contribution in [1.82, 2.24) is 9.80 Å². The summed E-state index contributed by atoms with van der Waals surface area (Å²) in [5.41, 5.74) is 4.08. The van der Waals surface area contributed by atoms with Crippen LogP contribution in [0.5, 0.6) is 0 Å². The molecule has 0 saturated carbocycles. The average Bonchev–Trinajstić information content (AvgIpc) is 3.38. The molecule has 2 aliphatic rings. The molecule has 2 nitrogen and oxygen atoms in total. The molecule has 0 bridgehead atoms.